The van der Waals surface area contributed by atoms with Crippen LogP contribution in [0.25, 0.3) is 0 Å². The van der Waals surface area contributed by atoms with Crippen molar-refractivity contribution in [1.82, 2.24) is 9.88 Å². The van der Waals surface area contributed by atoms with Crippen molar-refractivity contribution in [2.24, 2.45) is 5.14 Å². The summed E-state index contributed by atoms with van der Waals surface area (Å²) in [6, 6.07) is 7.95. The van der Waals surface area contributed by atoms with Crippen molar-refractivity contribution in [3.63, 3.8) is 0 Å². The molecular formula is C20H24N4O5S. The molecule has 160 valence electrons. The van der Waals surface area contributed by atoms with Gasteiger partial charge in [-0.25, -0.2) is 18.5 Å². The second-order valence-corrected chi connectivity index (χ2v) is 8.79. The molecule has 3 heterocycles. The van der Waals surface area contributed by atoms with Crippen molar-refractivity contribution in [1.29, 1.82) is 0 Å². The number of hydrogen-bond donors (Lipinski definition) is 1. The molecule has 2 aliphatic heterocycles. The van der Waals surface area contributed by atoms with E-state index in [0.29, 0.717) is 36.7 Å². The number of primary sulfonamides is 1. The van der Waals surface area contributed by atoms with Crippen LogP contribution in [0.4, 0.5) is 5.69 Å². The molecule has 10 heteroatoms. The van der Waals surface area contributed by atoms with Crippen LogP contribution in [0.15, 0.2) is 41.4 Å². The number of fused-ring (bicyclic) bond motifs is 1. The van der Waals surface area contributed by atoms with Crippen LogP contribution in [-0.2, 0) is 21.2 Å². The molecule has 9 nitrogen and oxygen atoms in total. The van der Waals surface area contributed by atoms with Crippen LogP contribution < -0.4 is 14.8 Å². The third-order valence-corrected chi connectivity index (χ3v) is 6.18. The Bertz CT molecular complexity index is 1020. The molecule has 2 N–H and O–H groups in total. The fourth-order valence-electron chi connectivity index (χ4n) is 3.62. The van der Waals surface area contributed by atoms with Gasteiger partial charge in [-0.2, -0.15) is 0 Å². The highest BCUT2D eigenvalue weighted by molar-refractivity contribution is 7.89. The van der Waals surface area contributed by atoms with Gasteiger partial charge in [0.25, 0.3) is 5.91 Å². The third kappa shape index (κ3) is 4.62. The number of hydrogen-bond acceptors (Lipinski definition) is 7. The summed E-state index contributed by atoms with van der Waals surface area (Å²) in [6.07, 6.45) is 2.07. The van der Waals surface area contributed by atoms with Crippen LogP contribution in [0.3, 0.4) is 0 Å². The number of morpholine rings is 1. The Morgan fingerprint density at radius 3 is 2.67 bits per heavy atom. The lowest BCUT2D eigenvalue weighted by Crippen LogP contribution is -2.38. The SMILES string of the molecule is NS(=O)(=O)c1ccc2c(c1)CCN2C(=O)c1ccc(OCCN2CCOCC2)nc1. The summed E-state index contributed by atoms with van der Waals surface area (Å²) in [6.45, 7) is 5.10. The number of anilines is 1. The first-order valence-corrected chi connectivity index (χ1v) is 11.3. The average molecular weight is 433 g/mol. The van der Waals surface area contributed by atoms with Gasteiger partial charge >= 0.3 is 0 Å². The van der Waals surface area contributed by atoms with Crippen molar-refractivity contribution < 1.29 is 22.7 Å². The van der Waals surface area contributed by atoms with Gasteiger partial charge in [-0.15, -0.1) is 0 Å². The lowest BCUT2D eigenvalue weighted by atomic mass is 10.2. The van der Waals surface area contributed by atoms with Gasteiger partial charge in [0.2, 0.25) is 15.9 Å². The lowest BCUT2D eigenvalue weighted by Gasteiger charge is -2.26. The molecule has 1 aromatic heterocycles. The van der Waals surface area contributed by atoms with E-state index in [9.17, 15) is 13.2 Å². The Kier molecular flexibility index (Phi) is 6.00. The van der Waals surface area contributed by atoms with Crippen LogP contribution in [0.5, 0.6) is 5.88 Å². The summed E-state index contributed by atoms with van der Waals surface area (Å²) < 4.78 is 34.1. The van der Waals surface area contributed by atoms with Gasteiger partial charge in [0.05, 0.1) is 23.7 Å². The Morgan fingerprint density at radius 1 is 1.17 bits per heavy atom. The standard InChI is InChI=1S/C20H24N4O5S/c21-30(26,27)17-2-3-18-15(13-17)5-6-24(18)20(25)16-1-4-19(22-14-16)29-12-9-23-7-10-28-11-8-23/h1-4,13-14H,5-12H2,(H2,21,26,27). The summed E-state index contributed by atoms with van der Waals surface area (Å²) in [7, 11) is -3.77. The van der Waals surface area contributed by atoms with Gasteiger partial charge in [0, 0.05) is 44.1 Å². The molecule has 2 aromatic rings. The van der Waals surface area contributed by atoms with E-state index in [0.717, 1.165) is 38.4 Å². The predicted molar refractivity (Wildman–Crippen MR) is 110 cm³/mol. The van der Waals surface area contributed by atoms with Crippen LogP contribution in [0.2, 0.25) is 0 Å². The summed E-state index contributed by atoms with van der Waals surface area (Å²) in [5, 5.41) is 5.19. The van der Waals surface area contributed by atoms with E-state index in [1.807, 2.05) is 0 Å². The molecule has 0 spiro atoms. The van der Waals surface area contributed by atoms with Gasteiger partial charge in [-0.05, 0) is 36.2 Å². The molecule has 4 rings (SSSR count). The molecule has 1 fully saturated rings. The number of rotatable bonds is 6. The Labute approximate surface area is 175 Å². The van der Waals surface area contributed by atoms with Crippen LogP contribution in [0, 0.1) is 0 Å². The predicted octanol–water partition coefficient (Wildman–Crippen LogP) is 0.643. The molecule has 0 radical (unpaired) electrons. The lowest BCUT2D eigenvalue weighted by molar-refractivity contribution is 0.0320. The third-order valence-electron chi connectivity index (χ3n) is 5.26. The maximum absolute atomic E-state index is 12.9. The molecule has 1 aromatic carbocycles. The highest BCUT2D eigenvalue weighted by atomic mass is 32.2. The summed E-state index contributed by atoms with van der Waals surface area (Å²) >= 11 is 0. The Hall–Kier alpha value is -2.53. The maximum atomic E-state index is 12.9. The smallest absolute Gasteiger partial charge is 0.259 e. The first-order valence-electron chi connectivity index (χ1n) is 9.78. The van der Waals surface area contributed by atoms with Gasteiger partial charge < -0.3 is 14.4 Å². The molecule has 0 bridgehead atoms. The zero-order valence-electron chi connectivity index (χ0n) is 16.5. The van der Waals surface area contributed by atoms with Crippen LogP contribution >= 0.6 is 0 Å². The first-order chi connectivity index (χ1) is 14.4. The number of benzene rings is 1. The van der Waals surface area contributed by atoms with E-state index in [2.05, 4.69) is 9.88 Å². The topological polar surface area (TPSA) is 115 Å². The van der Waals surface area contributed by atoms with E-state index in [1.165, 1.54) is 18.3 Å². The number of nitrogens with two attached hydrogens (primary N) is 1. The number of nitrogens with zero attached hydrogens (tertiary/aromatic N) is 3. The molecule has 30 heavy (non-hydrogen) atoms. The van der Waals surface area contributed by atoms with Crippen molar-refractivity contribution >= 4 is 21.6 Å². The minimum Gasteiger partial charge on any atom is -0.476 e. The molecule has 1 saturated heterocycles. The number of pyridine rings is 1. The van der Waals surface area contributed by atoms with Crippen LogP contribution in [-0.4, -0.2) is 70.2 Å². The van der Waals surface area contributed by atoms with E-state index < -0.39 is 10.0 Å². The fraction of sp³-hybridized carbons (Fsp3) is 0.400. The number of amides is 1. The second-order valence-electron chi connectivity index (χ2n) is 7.23. The summed E-state index contributed by atoms with van der Waals surface area (Å²) in [5.41, 5.74) is 1.92. The molecular weight excluding hydrogens is 408 g/mol. The van der Waals surface area contributed by atoms with E-state index >= 15 is 0 Å². The van der Waals surface area contributed by atoms with Gasteiger partial charge in [0.1, 0.15) is 6.61 Å². The normalized spacial score (nSPS) is 17.0. The highest BCUT2D eigenvalue weighted by Crippen LogP contribution is 2.31. The van der Waals surface area contributed by atoms with Crippen molar-refractivity contribution in [2.75, 3.05) is 50.9 Å². The van der Waals surface area contributed by atoms with Gasteiger partial charge in [0.15, 0.2) is 0 Å². The van der Waals surface area contributed by atoms with E-state index in [-0.39, 0.29) is 10.8 Å². The van der Waals surface area contributed by atoms with Crippen LogP contribution in [0.1, 0.15) is 15.9 Å². The maximum Gasteiger partial charge on any atom is 0.259 e. The largest absolute Gasteiger partial charge is 0.476 e. The number of ether oxygens (including phenoxy) is 2. The second kappa shape index (κ2) is 8.68. The van der Waals surface area contributed by atoms with Crippen molar-refractivity contribution in [3.8, 4) is 5.88 Å². The minimum absolute atomic E-state index is 0.0517. The minimum atomic E-state index is -3.77. The molecule has 0 atom stereocenters. The molecule has 1 amide bonds. The van der Waals surface area contributed by atoms with Gasteiger partial charge in [-0.3, -0.25) is 9.69 Å². The number of carbonyl (C=O) groups is 1. The summed E-state index contributed by atoms with van der Waals surface area (Å²) in [4.78, 5) is 21.1. The quantitative estimate of drug-likeness (QED) is 0.712. The van der Waals surface area contributed by atoms with Crippen molar-refractivity contribution in [2.45, 2.75) is 11.3 Å². The zero-order chi connectivity index (χ0) is 21.1. The zero-order valence-corrected chi connectivity index (χ0v) is 17.3. The summed E-state index contributed by atoms with van der Waals surface area (Å²) in [5.74, 6) is 0.281. The van der Waals surface area contributed by atoms with E-state index in [1.54, 1.807) is 23.1 Å². The van der Waals surface area contributed by atoms with E-state index in [4.69, 9.17) is 14.6 Å². The molecule has 2 aliphatic rings. The first kappa shape index (κ1) is 20.7. The van der Waals surface area contributed by atoms with Crippen molar-refractivity contribution in [3.05, 3.63) is 47.7 Å². The Morgan fingerprint density at radius 2 is 1.97 bits per heavy atom. The highest BCUT2D eigenvalue weighted by Gasteiger charge is 2.27. The number of carbonyl (C=O) groups excluding carboxylic acids is 1. The molecule has 0 unspecified atom stereocenters. The van der Waals surface area contributed by atoms with Gasteiger partial charge in [-0.1, -0.05) is 0 Å². The molecule has 0 saturated carbocycles. The number of aromatic nitrogens is 1. The fourth-order valence-corrected chi connectivity index (χ4v) is 4.18. The Balaban J connectivity index is 1.38. The monoisotopic (exact) mass is 432 g/mol. The average Bonchev–Trinajstić information content (AvgIpc) is 3.17. The number of sulfonamides is 1. The molecule has 0 aliphatic carbocycles.